The Labute approximate surface area is 180 Å². The van der Waals surface area contributed by atoms with Crippen LogP contribution in [0.15, 0.2) is 60.4 Å². The lowest BCUT2D eigenvalue weighted by Crippen LogP contribution is -2.29. The Hall–Kier alpha value is -2.76. The van der Waals surface area contributed by atoms with Crippen LogP contribution in [0.25, 0.3) is 0 Å². The van der Waals surface area contributed by atoms with E-state index in [-0.39, 0.29) is 34.0 Å². The quantitative estimate of drug-likeness (QED) is 0.436. The van der Waals surface area contributed by atoms with Gasteiger partial charge in [0.1, 0.15) is 12.0 Å². The topological polar surface area (TPSA) is 122 Å². The number of hydrogen-bond acceptors (Lipinski definition) is 9. The molecule has 1 aromatic heterocycles. The number of aromatic nitrogens is 2. The van der Waals surface area contributed by atoms with Gasteiger partial charge in [-0.2, -0.15) is 0 Å². The minimum Gasteiger partial charge on any atom is -0.755 e. The fourth-order valence-electron chi connectivity index (χ4n) is 2.60. The van der Waals surface area contributed by atoms with E-state index < -0.39 is 11.3 Å². The van der Waals surface area contributed by atoms with Crippen LogP contribution in [0.2, 0.25) is 0 Å². The van der Waals surface area contributed by atoms with E-state index in [2.05, 4.69) is 16.0 Å². The highest BCUT2D eigenvalue weighted by molar-refractivity contribution is 8.14. The first kappa shape index (κ1) is 21.9. The highest BCUT2D eigenvalue weighted by Gasteiger charge is 2.23. The average molecular weight is 449 g/mol. The standard InChI is InChI=1S/C19H19N3O6S2/c1-13(23)29-12-17(24)15-8-20-19(21-9-15)22(30(25)26)18-11-27-10-16(28-18)7-14-5-3-2-4-6-14/h2-3,5,8-11H,4,6-7,12H2,1H3,(H,25,26)/p-1. The minimum absolute atomic E-state index is 0.0451. The summed E-state index contributed by atoms with van der Waals surface area (Å²) in [6, 6.07) is 0. The van der Waals surface area contributed by atoms with Crippen molar-refractivity contribution in [1.82, 2.24) is 9.97 Å². The lowest BCUT2D eigenvalue weighted by atomic mass is 10.0. The molecule has 1 unspecified atom stereocenters. The van der Waals surface area contributed by atoms with Crippen LogP contribution in [0, 0.1) is 0 Å². The second-order valence-corrected chi connectivity index (χ2v) is 8.19. The Balaban J connectivity index is 1.71. The van der Waals surface area contributed by atoms with E-state index in [9.17, 15) is 18.4 Å². The molecule has 1 aliphatic carbocycles. The number of rotatable bonds is 8. The lowest BCUT2D eigenvalue weighted by Gasteiger charge is -2.28. The van der Waals surface area contributed by atoms with Crippen LogP contribution >= 0.6 is 11.8 Å². The van der Waals surface area contributed by atoms with Crippen molar-refractivity contribution < 1.29 is 27.8 Å². The first-order valence-electron chi connectivity index (χ1n) is 8.89. The molecular weight excluding hydrogens is 430 g/mol. The fourth-order valence-corrected chi connectivity index (χ4v) is 3.56. The van der Waals surface area contributed by atoms with Crippen LogP contribution in [0.3, 0.4) is 0 Å². The monoisotopic (exact) mass is 448 g/mol. The summed E-state index contributed by atoms with van der Waals surface area (Å²) in [5, 5.41) is -0.181. The van der Waals surface area contributed by atoms with E-state index in [0.29, 0.717) is 12.2 Å². The van der Waals surface area contributed by atoms with Crippen molar-refractivity contribution in [3.63, 3.8) is 0 Å². The van der Waals surface area contributed by atoms with Gasteiger partial charge < -0.3 is 14.0 Å². The third-order valence-corrected chi connectivity index (χ3v) is 5.46. The van der Waals surface area contributed by atoms with Crippen LogP contribution in [0.1, 0.15) is 36.5 Å². The van der Waals surface area contributed by atoms with Crippen molar-refractivity contribution in [3.8, 4) is 0 Å². The number of carbonyl (C=O) groups is 2. The molecule has 11 heteroatoms. The molecular formula is C19H18N3O6S2-. The molecule has 2 heterocycles. The van der Waals surface area contributed by atoms with Gasteiger partial charge in [-0.05, 0) is 12.8 Å². The summed E-state index contributed by atoms with van der Waals surface area (Å²) in [5.41, 5.74) is 1.29. The molecule has 2 aliphatic rings. The second-order valence-electron chi connectivity index (χ2n) is 6.23. The Bertz CT molecular complexity index is 969. The average Bonchev–Trinajstić information content (AvgIpc) is 2.73. The van der Waals surface area contributed by atoms with Gasteiger partial charge in [-0.1, -0.05) is 35.6 Å². The SMILES string of the molecule is CC(=O)SCC(=O)c1cnc(N(C2=COC=C(CC3=CC=CCC3)O2)S(=O)[O-])nc1. The largest absolute Gasteiger partial charge is 0.755 e. The van der Waals surface area contributed by atoms with Gasteiger partial charge in [-0.3, -0.25) is 13.8 Å². The van der Waals surface area contributed by atoms with Gasteiger partial charge in [0, 0.05) is 25.7 Å². The Kier molecular flexibility index (Phi) is 7.55. The van der Waals surface area contributed by atoms with Crippen LogP contribution in [0.5, 0.6) is 0 Å². The van der Waals surface area contributed by atoms with Gasteiger partial charge in [-0.15, -0.1) is 0 Å². The second kappa shape index (κ2) is 10.3. The van der Waals surface area contributed by atoms with Crippen molar-refractivity contribution in [1.29, 1.82) is 0 Å². The van der Waals surface area contributed by atoms with Gasteiger partial charge in [0.05, 0.1) is 22.6 Å². The highest BCUT2D eigenvalue weighted by Crippen LogP contribution is 2.28. The summed E-state index contributed by atoms with van der Waals surface area (Å²) < 4.78 is 35.3. The van der Waals surface area contributed by atoms with Crippen molar-refractivity contribution in [2.45, 2.75) is 26.2 Å². The number of ether oxygens (including phenoxy) is 2. The van der Waals surface area contributed by atoms with E-state index in [1.54, 1.807) is 0 Å². The molecule has 158 valence electrons. The third kappa shape index (κ3) is 5.88. The zero-order valence-corrected chi connectivity index (χ0v) is 17.6. The molecule has 0 bridgehead atoms. The number of carbonyl (C=O) groups excluding carboxylic acids is 2. The Morgan fingerprint density at radius 1 is 1.30 bits per heavy atom. The first-order chi connectivity index (χ1) is 14.4. The molecule has 0 N–H and O–H groups in total. The maximum absolute atomic E-state index is 12.0. The number of allylic oxidation sites excluding steroid dienone is 4. The number of thioether (sulfide) groups is 1. The number of ketones is 1. The summed E-state index contributed by atoms with van der Waals surface area (Å²) >= 11 is -1.93. The van der Waals surface area contributed by atoms with Gasteiger partial charge in [0.25, 0.3) is 0 Å². The van der Waals surface area contributed by atoms with Crippen molar-refractivity contribution in [2.75, 3.05) is 10.1 Å². The molecule has 0 saturated heterocycles. The van der Waals surface area contributed by atoms with Crippen LogP contribution in [-0.2, 0) is 25.5 Å². The third-order valence-electron chi connectivity index (χ3n) is 4.00. The number of hydrogen-bond donors (Lipinski definition) is 0. The van der Waals surface area contributed by atoms with Gasteiger partial charge in [-0.25, -0.2) is 14.3 Å². The molecule has 30 heavy (non-hydrogen) atoms. The lowest BCUT2D eigenvalue weighted by molar-refractivity contribution is -0.109. The fraction of sp³-hybridized carbons (Fsp3) is 0.263. The molecule has 0 radical (unpaired) electrons. The molecule has 0 amide bonds. The van der Waals surface area contributed by atoms with Crippen molar-refractivity contribution >= 4 is 39.9 Å². The van der Waals surface area contributed by atoms with Gasteiger partial charge in [0.2, 0.25) is 11.8 Å². The number of Topliss-reactive ketones (excluding diaryl/α,β-unsaturated/α-hetero) is 1. The van der Waals surface area contributed by atoms with Crippen LogP contribution < -0.4 is 4.31 Å². The molecule has 3 rings (SSSR count). The molecule has 0 saturated carbocycles. The summed E-state index contributed by atoms with van der Waals surface area (Å²) in [6.45, 7) is 1.36. The Morgan fingerprint density at radius 2 is 2.07 bits per heavy atom. The summed E-state index contributed by atoms with van der Waals surface area (Å²) in [7, 11) is 0. The van der Waals surface area contributed by atoms with E-state index in [4.69, 9.17) is 9.47 Å². The zero-order valence-electron chi connectivity index (χ0n) is 16.0. The maximum atomic E-state index is 12.0. The molecule has 0 aromatic carbocycles. The van der Waals surface area contributed by atoms with Crippen LogP contribution in [-0.4, -0.2) is 35.4 Å². The predicted octanol–water partition coefficient (Wildman–Crippen LogP) is 2.89. The van der Waals surface area contributed by atoms with E-state index >= 15 is 0 Å². The van der Waals surface area contributed by atoms with Gasteiger partial charge >= 0.3 is 0 Å². The molecule has 9 nitrogen and oxygen atoms in total. The number of nitrogens with zero attached hydrogens (tertiary/aromatic N) is 3. The van der Waals surface area contributed by atoms with Crippen molar-refractivity contribution in [2.24, 2.45) is 0 Å². The Morgan fingerprint density at radius 3 is 2.70 bits per heavy atom. The van der Waals surface area contributed by atoms with E-state index in [1.165, 1.54) is 25.6 Å². The summed E-state index contributed by atoms with van der Waals surface area (Å²) in [6.07, 6.45) is 13.2. The highest BCUT2D eigenvalue weighted by atomic mass is 32.2. The molecule has 0 spiro atoms. The smallest absolute Gasteiger partial charge is 0.249 e. The normalized spacial score (nSPS) is 16.4. The molecule has 1 aliphatic heterocycles. The van der Waals surface area contributed by atoms with Crippen molar-refractivity contribution in [3.05, 3.63) is 65.9 Å². The van der Waals surface area contributed by atoms with E-state index in [1.807, 2.05) is 12.2 Å². The van der Waals surface area contributed by atoms with Gasteiger partial charge in [0.15, 0.2) is 17.2 Å². The van der Waals surface area contributed by atoms with E-state index in [0.717, 1.165) is 40.7 Å². The summed E-state index contributed by atoms with van der Waals surface area (Å²) in [5.74, 6) is -0.282. The summed E-state index contributed by atoms with van der Waals surface area (Å²) in [4.78, 5) is 30.9. The zero-order chi connectivity index (χ0) is 21.5. The molecule has 0 fully saturated rings. The predicted molar refractivity (Wildman–Crippen MR) is 110 cm³/mol. The minimum atomic E-state index is -2.80. The molecule has 1 atom stereocenters. The number of anilines is 1. The van der Waals surface area contributed by atoms with Crippen LogP contribution in [0.4, 0.5) is 5.95 Å². The first-order valence-corrected chi connectivity index (χ1v) is 10.9. The maximum Gasteiger partial charge on any atom is 0.249 e. The molecule has 1 aromatic rings.